The van der Waals surface area contributed by atoms with Gasteiger partial charge >= 0.3 is 0 Å². The zero-order valence-electron chi connectivity index (χ0n) is 14.5. The Bertz CT molecular complexity index is 684. The zero-order valence-corrected chi connectivity index (χ0v) is 14.5. The third-order valence-corrected chi connectivity index (χ3v) is 5.15. The van der Waals surface area contributed by atoms with E-state index < -0.39 is 0 Å². The fourth-order valence-electron chi connectivity index (χ4n) is 3.84. The number of methoxy groups -OCH3 is 1. The number of carbonyl (C=O) groups excluding carboxylic acids is 2. The molecule has 2 fully saturated rings. The SMILES string of the molecule is COCCN1C[C@@]2(CCCN(C(=O)c3c[nH]c(=O)cn3)C2)CCC1=O. The molecule has 0 saturated carbocycles. The molecule has 3 heterocycles. The summed E-state index contributed by atoms with van der Waals surface area (Å²) < 4.78 is 5.10. The molecule has 1 spiro atoms. The van der Waals surface area contributed by atoms with Gasteiger partial charge in [0.2, 0.25) is 5.91 Å². The van der Waals surface area contributed by atoms with Crippen LogP contribution < -0.4 is 5.56 Å². The molecule has 0 bridgehead atoms. The molecule has 1 aromatic heterocycles. The van der Waals surface area contributed by atoms with Gasteiger partial charge in [-0.25, -0.2) is 4.98 Å². The van der Waals surface area contributed by atoms with Gasteiger partial charge in [0.1, 0.15) is 5.69 Å². The van der Waals surface area contributed by atoms with E-state index in [1.54, 1.807) is 12.0 Å². The number of carbonyl (C=O) groups is 2. The number of ether oxygens (including phenoxy) is 1. The monoisotopic (exact) mass is 348 g/mol. The van der Waals surface area contributed by atoms with E-state index in [-0.39, 0.29) is 28.5 Å². The first kappa shape index (κ1) is 17.6. The Labute approximate surface area is 146 Å². The van der Waals surface area contributed by atoms with Crippen LogP contribution in [0.25, 0.3) is 0 Å². The van der Waals surface area contributed by atoms with Crippen LogP contribution in [0.4, 0.5) is 0 Å². The van der Waals surface area contributed by atoms with Crippen molar-refractivity contribution in [3.8, 4) is 0 Å². The highest BCUT2D eigenvalue weighted by Crippen LogP contribution is 2.39. The fourth-order valence-corrected chi connectivity index (χ4v) is 3.84. The highest BCUT2D eigenvalue weighted by molar-refractivity contribution is 5.92. The van der Waals surface area contributed by atoms with Crippen LogP contribution in [0.2, 0.25) is 0 Å². The summed E-state index contributed by atoms with van der Waals surface area (Å²) in [6.07, 6.45) is 5.72. The lowest BCUT2D eigenvalue weighted by Gasteiger charge is -2.48. The Kier molecular flexibility index (Phi) is 5.17. The third-order valence-electron chi connectivity index (χ3n) is 5.15. The van der Waals surface area contributed by atoms with Gasteiger partial charge < -0.3 is 19.5 Å². The number of piperidine rings is 2. The molecule has 0 aliphatic carbocycles. The van der Waals surface area contributed by atoms with Crippen LogP contribution in [0.15, 0.2) is 17.2 Å². The second-order valence-corrected chi connectivity index (χ2v) is 6.93. The molecule has 25 heavy (non-hydrogen) atoms. The molecule has 8 heteroatoms. The van der Waals surface area contributed by atoms with Crippen molar-refractivity contribution in [3.63, 3.8) is 0 Å². The van der Waals surface area contributed by atoms with E-state index in [2.05, 4.69) is 9.97 Å². The Morgan fingerprint density at radius 1 is 1.36 bits per heavy atom. The highest BCUT2D eigenvalue weighted by Gasteiger charge is 2.42. The second kappa shape index (κ2) is 7.35. The summed E-state index contributed by atoms with van der Waals surface area (Å²) >= 11 is 0. The van der Waals surface area contributed by atoms with Crippen molar-refractivity contribution in [1.82, 2.24) is 19.8 Å². The average molecular weight is 348 g/mol. The predicted molar refractivity (Wildman–Crippen MR) is 90.1 cm³/mol. The maximum absolute atomic E-state index is 12.7. The maximum atomic E-state index is 12.7. The Morgan fingerprint density at radius 2 is 2.20 bits per heavy atom. The van der Waals surface area contributed by atoms with E-state index in [1.165, 1.54) is 6.20 Å². The first-order chi connectivity index (χ1) is 12.0. The van der Waals surface area contributed by atoms with E-state index >= 15 is 0 Å². The van der Waals surface area contributed by atoms with Gasteiger partial charge in [0.25, 0.3) is 11.5 Å². The van der Waals surface area contributed by atoms with Gasteiger partial charge in [0.05, 0.1) is 12.8 Å². The molecule has 136 valence electrons. The topological polar surface area (TPSA) is 95.6 Å². The molecule has 2 saturated heterocycles. The molecule has 2 amide bonds. The molecule has 1 N–H and O–H groups in total. The molecule has 2 aliphatic rings. The molecule has 0 radical (unpaired) electrons. The van der Waals surface area contributed by atoms with Gasteiger partial charge in [-0.3, -0.25) is 14.4 Å². The zero-order chi connectivity index (χ0) is 17.9. The number of hydrogen-bond donors (Lipinski definition) is 1. The lowest BCUT2D eigenvalue weighted by atomic mass is 9.73. The quantitative estimate of drug-likeness (QED) is 0.842. The summed E-state index contributed by atoms with van der Waals surface area (Å²) in [5.41, 5.74) is -0.136. The summed E-state index contributed by atoms with van der Waals surface area (Å²) in [6, 6.07) is 0. The van der Waals surface area contributed by atoms with E-state index in [1.807, 2.05) is 4.90 Å². The van der Waals surface area contributed by atoms with Crippen LogP contribution in [-0.4, -0.2) is 71.5 Å². The Morgan fingerprint density at radius 3 is 2.92 bits per heavy atom. The van der Waals surface area contributed by atoms with Crippen LogP contribution in [-0.2, 0) is 9.53 Å². The Balaban J connectivity index is 1.71. The molecular weight excluding hydrogens is 324 g/mol. The van der Waals surface area contributed by atoms with Gasteiger partial charge in [-0.1, -0.05) is 0 Å². The van der Waals surface area contributed by atoms with E-state index in [4.69, 9.17) is 4.74 Å². The standard InChI is InChI=1S/C17H24N4O4/c1-25-8-7-20-11-17(5-3-15(20)23)4-2-6-21(12-17)16(24)13-9-19-14(22)10-18-13/h9-10H,2-8,11-12H2,1H3,(H,19,22)/t17-/m1/s1. The largest absolute Gasteiger partial charge is 0.383 e. The predicted octanol–water partition coefficient (Wildman–Crippen LogP) is 0.261. The summed E-state index contributed by atoms with van der Waals surface area (Å²) in [5, 5.41) is 0. The number of rotatable bonds is 4. The lowest BCUT2D eigenvalue weighted by molar-refractivity contribution is -0.139. The maximum Gasteiger partial charge on any atom is 0.273 e. The minimum Gasteiger partial charge on any atom is -0.383 e. The van der Waals surface area contributed by atoms with Crippen molar-refractivity contribution in [3.05, 3.63) is 28.4 Å². The number of hydrogen-bond acceptors (Lipinski definition) is 5. The smallest absolute Gasteiger partial charge is 0.273 e. The Hall–Kier alpha value is -2.22. The molecule has 3 rings (SSSR count). The number of likely N-dealkylation sites (tertiary alicyclic amines) is 2. The van der Waals surface area contributed by atoms with E-state index in [0.29, 0.717) is 39.2 Å². The number of aromatic amines is 1. The second-order valence-electron chi connectivity index (χ2n) is 6.93. The minimum absolute atomic E-state index is 0.0578. The third kappa shape index (κ3) is 3.89. The average Bonchev–Trinajstić information content (AvgIpc) is 2.63. The first-order valence-electron chi connectivity index (χ1n) is 8.64. The summed E-state index contributed by atoms with van der Waals surface area (Å²) in [5.74, 6) is -0.0101. The molecule has 2 aliphatic heterocycles. The fraction of sp³-hybridized carbons (Fsp3) is 0.647. The van der Waals surface area contributed by atoms with E-state index in [9.17, 15) is 14.4 Å². The highest BCUT2D eigenvalue weighted by atomic mass is 16.5. The summed E-state index contributed by atoms with van der Waals surface area (Å²) in [4.78, 5) is 46.1. The lowest BCUT2D eigenvalue weighted by Crippen LogP contribution is -2.55. The number of amides is 2. The van der Waals surface area contributed by atoms with E-state index in [0.717, 1.165) is 25.5 Å². The molecule has 1 atom stereocenters. The van der Waals surface area contributed by atoms with Crippen molar-refractivity contribution in [2.45, 2.75) is 25.7 Å². The van der Waals surface area contributed by atoms with Gasteiger partial charge in [-0.15, -0.1) is 0 Å². The number of nitrogens with zero attached hydrogens (tertiary/aromatic N) is 3. The van der Waals surface area contributed by atoms with Crippen LogP contribution in [0, 0.1) is 5.41 Å². The van der Waals surface area contributed by atoms with Crippen molar-refractivity contribution in [2.24, 2.45) is 5.41 Å². The number of H-pyrrole nitrogens is 1. The minimum atomic E-state index is -0.328. The first-order valence-corrected chi connectivity index (χ1v) is 8.64. The normalized spacial score (nSPS) is 24.0. The summed E-state index contributed by atoms with van der Waals surface area (Å²) in [7, 11) is 1.63. The van der Waals surface area contributed by atoms with Crippen molar-refractivity contribution in [1.29, 1.82) is 0 Å². The van der Waals surface area contributed by atoms with Gasteiger partial charge in [0, 0.05) is 51.3 Å². The van der Waals surface area contributed by atoms with Gasteiger partial charge in [-0.05, 0) is 19.3 Å². The van der Waals surface area contributed by atoms with Crippen molar-refractivity contribution in [2.75, 3.05) is 39.9 Å². The molecule has 8 nitrogen and oxygen atoms in total. The molecular formula is C17H24N4O4. The van der Waals surface area contributed by atoms with Crippen LogP contribution in [0.1, 0.15) is 36.2 Å². The molecule has 0 aromatic carbocycles. The van der Waals surface area contributed by atoms with Crippen LogP contribution in [0.3, 0.4) is 0 Å². The summed E-state index contributed by atoms with van der Waals surface area (Å²) in [6.45, 7) is 3.06. The van der Waals surface area contributed by atoms with Gasteiger partial charge in [-0.2, -0.15) is 0 Å². The number of aromatic nitrogens is 2. The molecule has 1 aromatic rings. The van der Waals surface area contributed by atoms with Crippen LogP contribution in [0.5, 0.6) is 0 Å². The van der Waals surface area contributed by atoms with Crippen LogP contribution >= 0.6 is 0 Å². The van der Waals surface area contributed by atoms with Gasteiger partial charge in [0.15, 0.2) is 0 Å². The van der Waals surface area contributed by atoms with Crippen molar-refractivity contribution >= 4 is 11.8 Å². The number of nitrogens with one attached hydrogen (secondary N) is 1. The van der Waals surface area contributed by atoms with Crippen molar-refractivity contribution < 1.29 is 14.3 Å². The molecule has 0 unspecified atom stereocenters.